The molecule has 0 radical (unpaired) electrons. The summed E-state index contributed by atoms with van der Waals surface area (Å²) in [5, 5.41) is 3.98. The molecule has 190 valence electrons. The van der Waals surface area contributed by atoms with Gasteiger partial charge in [0.05, 0.1) is 23.2 Å². The lowest BCUT2D eigenvalue weighted by Gasteiger charge is -2.22. The van der Waals surface area contributed by atoms with Gasteiger partial charge in [0, 0.05) is 27.7 Å². The second-order valence-corrected chi connectivity index (χ2v) is 10.4. The Hall–Kier alpha value is -2.92. The van der Waals surface area contributed by atoms with Gasteiger partial charge in [0.15, 0.2) is 0 Å². The second-order valence-electron chi connectivity index (χ2n) is 7.66. The highest BCUT2D eigenvalue weighted by Gasteiger charge is 2.32. The van der Waals surface area contributed by atoms with Gasteiger partial charge in [0.1, 0.15) is 0 Å². The smallest absolute Gasteiger partial charge is 0.272 e. The number of hydrazone groups is 1. The summed E-state index contributed by atoms with van der Waals surface area (Å²) < 4.78 is 67.0. The van der Waals surface area contributed by atoms with E-state index in [9.17, 15) is 26.4 Å². The number of nitrogens with zero attached hydrogens (tertiary/aromatic N) is 2. The van der Waals surface area contributed by atoms with Crippen LogP contribution in [0.4, 0.5) is 13.2 Å². The van der Waals surface area contributed by atoms with Gasteiger partial charge >= 0.3 is 6.18 Å². The molecule has 1 amide bonds. The zero-order valence-corrected chi connectivity index (χ0v) is 21.1. The summed E-state index contributed by atoms with van der Waals surface area (Å²) in [6, 6.07) is 15.3. The zero-order chi connectivity index (χ0) is 26.5. The van der Waals surface area contributed by atoms with E-state index in [4.69, 9.17) is 23.2 Å². The molecule has 36 heavy (non-hydrogen) atoms. The molecule has 0 atom stereocenters. The Kier molecular flexibility index (Phi) is 8.78. The van der Waals surface area contributed by atoms with E-state index < -0.39 is 34.2 Å². The minimum absolute atomic E-state index is 0.0633. The summed E-state index contributed by atoms with van der Waals surface area (Å²) in [5.41, 5.74) is 2.00. The van der Waals surface area contributed by atoms with Crippen LogP contribution in [0.3, 0.4) is 0 Å². The molecular formula is C24H20Cl2F3N3O3S. The van der Waals surface area contributed by atoms with Crippen molar-refractivity contribution < 1.29 is 26.4 Å². The highest BCUT2D eigenvalue weighted by atomic mass is 35.5. The third-order valence-corrected chi connectivity index (χ3v) is 7.55. The Morgan fingerprint density at radius 3 is 2.22 bits per heavy atom. The van der Waals surface area contributed by atoms with E-state index in [0.717, 1.165) is 22.1 Å². The first-order chi connectivity index (χ1) is 16.9. The SMILES string of the molecule is Cc1ccc(S(=O)(=O)N(CC(=O)N/N=C\c2ccccc2C(F)(F)F)Cc2c(Cl)cccc2Cl)cc1. The average Bonchev–Trinajstić information content (AvgIpc) is 2.80. The minimum atomic E-state index is -4.61. The molecule has 0 aliphatic rings. The molecule has 3 aromatic rings. The topological polar surface area (TPSA) is 78.8 Å². The zero-order valence-electron chi connectivity index (χ0n) is 18.8. The average molecular weight is 558 g/mol. The lowest BCUT2D eigenvalue weighted by molar-refractivity contribution is -0.137. The molecule has 0 aliphatic heterocycles. The maximum atomic E-state index is 13.4. The number of amides is 1. The maximum Gasteiger partial charge on any atom is 0.417 e. The van der Waals surface area contributed by atoms with Crippen LogP contribution in [0.5, 0.6) is 0 Å². The van der Waals surface area contributed by atoms with Gasteiger partial charge < -0.3 is 0 Å². The molecule has 0 aromatic heterocycles. The Labute approximate surface area is 216 Å². The Morgan fingerprint density at radius 1 is 1.00 bits per heavy atom. The molecule has 0 bridgehead atoms. The van der Waals surface area contributed by atoms with Crippen LogP contribution in [0.1, 0.15) is 22.3 Å². The van der Waals surface area contributed by atoms with Crippen molar-refractivity contribution in [3.8, 4) is 0 Å². The summed E-state index contributed by atoms with van der Waals surface area (Å²) in [6.45, 7) is 0.763. The molecule has 3 rings (SSSR count). The summed E-state index contributed by atoms with van der Waals surface area (Å²) in [5.74, 6) is -0.880. The Balaban J connectivity index is 1.86. The molecule has 0 spiro atoms. The van der Waals surface area contributed by atoms with Crippen molar-refractivity contribution in [3.63, 3.8) is 0 Å². The molecule has 0 fully saturated rings. The fraction of sp³-hybridized carbons (Fsp3) is 0.167. The molecular weight excluding hydrogens is 538 g/mol. The van der Waals surface area contributed by atoms with E-state index in [1.165, 1.54) is 42.5 Å². The molecule has 0 saturated heterocycles. The normalized spacial score (nSPS) is 12.3. The number of hydrogen-bond donors (Lipinski definition) is 1. The van der Waals surface area contributed by atoms with Gasteiger partial charge in [0.25, 0.3) is 5.91 Å². The predicted octanol–water partition coefficient (Wildman–Crippen LogP) is 5.66. The van der Waals surface area contributed by atoms with E-state index in [0.29, 0.717) is 0 Å². The first kappa shape index (κ1) is 27.7. The Bertz CT molecular complexity index is 1360. The van der Waals surface area contributed by atoms with Crippen molar-refractivity contribution >= 4 is 45.3 Å². The Morgan fingerprint density at radius 2 is 1.61 bits per heavy atom. The fourth-order valence-electron chi connectivity index (χ4n) is 3.18. The molecule has 0 unspecified atom stereocenters. The van der Waals surface area contributed by atoms with E-state index in [2.05, 4.69) is 10.5 Å². The number of benzene rings is 3. The molecule has 0 heterocycles. The van der Waals surface area contributed by atoms with Crippen LogP contribution in [0.15, 0.2) is 76.7 Å². The van der Waals surface area contributed by atoms with E-state index in [-0.39, 0.29) is 32.6 Å². The van der Waals surface area contributed by atoms with E-state index in [1.54, 1.807) is 25.1 Å². The number of rotatable bonds is 8. The first-order valence-corrected chi connectivity index (χ1v) is 12.6. The number of carbonyl (C=O) groups excluding carboxylic acids is 1. The monoisotopic (exact) mass is 557 g/mol. The van der Waals surface area contributed by atoms with Crippen molar-refractivity contribution in [2.24, 2.45) is 5.10 Å². The van der Waals surface area contributed by atoms with Crippen LogP contribution in [0.25, 0.3) is 0 Å². The lowest BCUT2D eigenvalue weighted by atomic mass is 10.1. The number of alkyl halides is 3. The highest BCUT2D eigenvalue weighted by Crippen LogP contribution is 2.31. The van der Waals surface area contributed by atoms with Crippen LogP contribution in [0.2, 0.25) is 10.0 Å². The highest BCUT2D eigenvalue weighted by molar-refractivity contribution is 7.89. The second kappa shape index (κ2) is 11.4. The van der Waals surface area contributed by atoms with Gasteiger partial charge in [-0.3, -0.25) is 4.79 Å². The first-order valence-electron chi connectivity index (χ1n) is 10.4. The summed E-state index contributed by atoms with van der Waals surface area (Å²) in [7, 11) is -4.19. The van der Waals surface area contributed by atoms with Crippen LogP contribution < -0.4 is 5.43 Å². The number of carbonyl (C=O) groups is 1. The molecule has 0 aliphatic carbocycles. The van der Waals surface area contributed by atoms with Crippen molar-refractivity contribution in [3.05, 3.63) is 99.0 Å². The third kappa shape index (κ3) is 6.85. The van der Waals surface area contributed by atoms with E-state index >= 15 is 0 Å². The summed E-state index contributed by atoms with van der Waals surface area (Å²) in [6.07, 6.45) is -3.77. The van der Waals surface area contributed by atoms with E-state index in [1.807, 2.05) is 0 Å². The molecule has 1 N–H and O–H groups in total. The molecule has 3 aromatic carbocycles. The standard InChI is InChI=1S/C24H20Cl2F3N3O3S/c1-16-9-11-18(12-10-16)36(34,35)32(14-19-21(25)7-4-8-22(19)26)15-23(33)31-30-13-17-5-2-3-6-20(17)24(27,28)29/h2-13H,14-15H2,1H3,(H,31,33)/b30-13-. The van der Waals surface area contributed by atoms with Gasteiger partial charge in [0.2, 0.25) is 10.0 Å². The number of aryl methyl sites for hydroxylation is 1. The van der Waals surface area contributed by atoms with Crippen LogP contribution in [-0.4, -0.2) is 31.4 Å². The lowest BCUT2D eigenvalue weighted by Crippen LogP contribution is -2.39. The summed E-state index contributed by atoms with van der Waals surface area (Å²) >= 11 is 12.4. The van der Waals surface area contributed by atoms with Crippen LogP contribution >= 0.6 is 23.2 Å². The quantitative estimate of drug-likeness (QED) is 0.286. The molecule has 6 nitrogen and oxygen atoms in total. The third-order valence-electron chi connectivity index (χ3n) is 5.03. The fourth-order valence-corrected chi connectivity index (χ4v) is 5.06. The molecule has 0 saturated carbocycles. The number of hydrogen-bond acceptors (Lipinski definition) is 4. The maximum absolute atomic E-state index is 13.4. The van der Waals surface area contributed by atoms with Gasteiger partial charge in [-0.2, -0.15) is 22.6 Å². The van der Waals surface area contributed by atoms with Gasteiger partial charge in [-0.05, 0) is 37.3 Å². The predicted molar refractivity (Wildman–Crippen MR) is 132 cm³/mol. The van der Waals surface area contributed by atoms with Crippen molar-refractivity contribution in [1.29, 1.82) is 0 Å². The van der Waals surface area contributed by atoms with Crippen molar-refractivity contribution in [2.75, 3.05) is 6.54 Å². The summed E-state index contributed by atoms with van der Waals surface area (Å²) in [4.78, 5) is 12.5. The van der Waals surface area contributed by atoms with Crippen LogP contribution in [0, 0.1) is 6.92 Å². The van der Waals surface area contributed by atoms with Crippen molar-refractivity contribution in [2.45, 2.75) is 24.5 Å². The largest absolute Gasteiger partial charge is 0.417 e. The van der Waals surface area contributed by atoms with Gasteiger partial charge in [-0.15, -0.1) is 0 Å². The van der Waals surface area contributed by atoms with Gasteiger partial charge in [-0.1, -0.05) is 65.2 Å². The minimum Gasteiger partial charge on any atom is -0.272 e. The van der Waals surface area contributed by atoms with Crippen LogP contribution in [-0.2, 0) is 27.5 Å². The van der Waals surface area contributed by atoms with Gasteiger partial charge in [-0.25, -0.2) is 13.8 Å². The number of sulfonamides is 1. The number of halogens is 5. The number of nitrogens with one attached hydrogen (secondary N) is 1. The van der Waals surface area contributed by atoms with Crippen molar-refractivity contribution in [1.82, 2.24) is 9.73 Å². The molecule has 12 heteroatoms.